The van der Waals surface area contributed by atoms with Crippen LogP contribution in [0.1, 0.15) is 38.8 Å². The van der Waals surface area contributed by atoms with E-state index in [9.17, 15) is 5.11 Å². The van der Waals surface area contributed by atoms with Gasteiger partial charge in [-0.3, -0.25) is 4.68 Å². The second-order valence-corrected chi connectivity index (χ2v) is 5.83. The Balaban J connectivity index is 2.27. The highest BCUT2D eigenvalue weighted by molar-refractivity contribution is 9.10. The molecule has 1 unspecified atom stereocenters. The summed E-state index contributed by atoms with van der Waals surface area (Å²) in [5.74, 6) is 0. The molecule has 1 aliphatic rings. The Morgan fingerprint density at radius 3 is 2.78 bits per heavy atom. The Bertz CT molecular complexity index is 407. The van der Waals surface area contributed by atoms with Gasteiger partial charge < -0.3 is 10.0 Å². The van der Waals surface area contributed by atoms with Crippen LogP contribution in [0, 0.1) is 0 Å². The lowest BCUT2D eigenvalue weighted by atomic mass is 9.91. The van der Waals surface area contributed by atoms with E-state index in [1.165, 1.54) is 0 Å². The van der Waals surface area contributed by atoms with Gasteiger partial charge in [-0.25, -0.2) is 0 Å². The summed E-state index contributed by atoms with van der Waals surface area (Å²) in [5, 5.41) is 15.3. The minimum absolute atomic E-state index is 0.741. The lowest BCUT2D eigenvalue weighted by Crippen LogP contribution is -2.31. The van der Waals surface area contributed by atoms with Crippen LogP contribution < -0.4 is 0 Å². The summed E-state index contributed by atoms with van der Waals surface area (Å²) in [7, 11) is 0. The van der Waals surface area contributed by atoms with Gasteiger partial charge in [0, 0.05) is 13.1 Å². The third-order valence-electron chi connectivity index (χ3n) is 3.89. The van der Waals surface area contributed by atoms with Crippen LogP contribution in [0.4, 0.5) is 0 Å². The molecule has 0 bridgehead atoms. The van der Waals surface area contributed by atoms with Crippen LogP contribution in [-0.4, -0.2) is 39.4 Å². The highest BCUT2D eigenvalue weighted by Gasteiger charge is 2.36. The van der Waals surface area contributed by atoms with E-state index >= 15 is 0 Å². The Morgan fingerprint density at radius 2 is 2.11 bits per heavy atom. The third-order valence-corrected chi connectivity index (χ3v) is 4.47. The van der Waals surface area contributed by atoms with Crippen LogP contribution in [0.25, 0.3) is 0 Å². The Kier molecular flexibility index (Phi) is 4.45. The van der Waals surface area contributed by atoms with Crippen LogP contribution >= 0.6 is 15.9 Å². The molecular formula is C13H22BrN3O. The average molecular weight is 316 g/mol. The van der Waals surface area contributed by atoms with Crippen LogP contribution in [0.15, 0.2) is 10.7 Å². The molecule has 4 nitrogen and oxygen atoms in total. The second-order valence-electron chi connectivity index (χ2n) is 4.98. The summed E-state index contributed by atoms with van der Waals surface area (Å²) >= 11 is 3.53. The van der Waals surface area contributed by atoms with E-state index < -0.39 is 5.60 Å². The minimum Gasteiger partial charge on any atom is -0.383 e. The molecule has 5 heteroatoms. The van der Waals surface area contributed by atoms with Gasteiger partial charge in [-0.2, -0.15) is 5.10 Å². The predicted molar refractivity (Wildman–Crippen MR) is 75.5 cm³/mol. The van der Waals surface area contributed by atoms with E-state index in [1.54, 1.807) is 6.20 Å². The van der Waals surface area contributed by atoms with Gasteiger partial charge in [0.05, 0.1) is 16.4 Å². The van der Waals surface area contributed by atoms with Gasteiger partial charge in [-0.05, 0) is 55.2 Å². The molecule has 0 spiro atoms. The second kappa shape index (κ2) is 5.72. The van der Waals surface area contributed by atoms with Crippen molar-refractivity contribution in [3.8, 4) is 0 Å². The summed E-state index contributed by atoms with van der Waals surface area (Å²) in [4.78, 5) is 2.40. The standard InChI is InChI=1S/C13H22BrN3O/c1-3-16-8-5-6-13(18,7-9-16)12-11(14)10-15-17(12)4-2/h10,18H,3-9H2,1-2H3. The molecule has 1 N–H and O–H groups in total. The maximum absolute atomic E-state index is 11.0. The number of nitrogens with zero attached hydrogens (tertiary/aromatic N) is 3. The summed E-state index contributed by atoms with van der Waals surface area (Å²) in [6.45, 7) is 8.12. The largest absolute Gasteiger partial charge is 0.383 e. The zero-order valence-corrected chi connectivity index (χ0v) is 12.8. The SMILES string of the molecule is CCN1CCCC(O)(c2c(Br)cnn2CC)CC1. The fraction of sp³-hybridized carbons (Fsp3) is 0.769. The molecule has 1 aromatic rings. The zero-order valence-electron chi connectivity index (χ0n) is 11.2. The molecule has 18 heavy (non-hydrogen) atoms. The molecule has 0 aliphatic carbocycles. The normalized spacial score (nSPS) is 26.2. The first-order valence-electron chi connectivity index (χ1n) is 6.77. The molecule has 0 radical (unpaired) electrons. The van der Waals surface area contributed by atoms with Gasteiger partial charge >= 0.3 is 0 Å². The Hall–Kier alpha value is -0.390. The molecule has 2 heterocycles. The minimum atomic E-state index is -0.741. The number of halogens is 1. The molecule has 102 valence electrons. The zero-order chi connectivity index (χ0) is 13.2. The van der Waals surface area contributed by atoms with E-state index in [1.807, 2.05) is 4.68 Å². The maximum atomic E-state index is 11.0. The lowest BCUT2D eigenvalue weighted by Gasteiger charge is -2.28. The summed E-state index contributed by atoms with van der Waals surface area (Å²) in [6.07, 6.45) is 4.42. The van der Waals surface area contributed by atoms with Crippen molar-refractivity contribution in [2.24, 2.45) is 0 Å². The van der Waals surface area contributed by atoms with Gasteiger partial charge in [0.25, 0.3) is 0 Å². The summed E-state index contributed by atoms with van der Waals surface area (Å²) < 4.78 is 2.84. The van der Waals surface area contributed by atoms with Gasteiger partial charge in [0.2, 0.25) is 0 Å². The summed E-state index contributed by atoms with van der Waals surface area (Å²) in [5.41, 5.74) is 0.206. The lowest BCUT2D eigenvalue weighted by molar-refractivity contribution is 0.0120. The van der Waals surface area contributed by atoms with Crippen LogP contribution in [0.3, 0.4) is 0 Å². The van der Waals surface area contributed by atoms with Crippen molar-refractivity contribution in [1.29, 1.82) is 0 Å². The van der Waals surface area contributed by atoms with Gasteiger partial charge in [-0.15, -0.1) is 0 Å². The number of likely N-dealkylation sites (tertiary alicyclic amines) is 1. The van der Waals surface area contributed by atoms with Crippen LogP contribution in [0.5, 0.6) is 0 Å². The van der Waals surface area contributed by atoms with Crippen molar-refractivity contribution in [2.45, 2.75) is 45.3 Å². The first-order valence-corrected chi connectivity index (χ1v) is 7.56. The molecule has 1 aromatic heterocycles. The molecule has 1 fully saturated rings. The highest BCUT2D eigenvalue weighted by atomic mass is 79.9. The first kappa shape index (κ1) is 14.0. The van der Waals surface area contributed by atoms with Crippen molar-refractivity contribution >= 4 is 15.9 Å². The van der Waals surface area contributed by atoms with E-state index in [4.69, 9.17) is 0 Å². The van der Waals surface area contributed by atoms with Crippen molar-refractivity contribution < 1.29 is 5.11 Å². The molecule has 0 saturated carbocycles. The quantitative estimate of drug-likeness (QED) is 0.931. The fourth-order valence-corrected chi connectivity index (χ4v) is 3.46. The average Bonchev–Trinajstić information content (AvgIpc) is 2.64. The Labute approximate surface area is 117 Å². The van der Waals surface area contributed by atoms with Crippen molar-refractivity contribution in [3.05, 3.63) is 16.4 Å². The van der Waals surface area contributed by atoms with Crippen molar-refractivity contribution in [2.75, 3.05) is 19.6 Å². The molecule has 0 amide bonds. The molecule has 2 rings (SSSR count). The molecule has 1 aliphatic heterocycles. The predicted octanol–water partition coefficient (Wildman–Crippen LogP) is 2.36. The number of aryl methyl sites for hydroxylation is 1. The topological polar surface area (TPSA) is 41.3 Å². The van der Waals surface area contributed by atoms with Gasteiger partial charge in [0.15, 0.2) is 0 Å². The fourth-order valence-electron chi connectivity index (χ4n) is 2.79. The molecule has 0 aromatic carbocycles. The van der Waals surface area contributed by atoms with Crippen LogP contribution in [0.2, 0.25) is 0 Å². The number of hydrogen-bond acceptors (Lipinski definition) is 3. The number of aliphatic hydroxyl groups is 1. The Morgan fingerprint density at radius 1 is 1.33 bits per heavy atom. The molecular weight excluding hydrogens is 294 g/mol. The van der Waals surface area contributed by atoms with Crippen molar-refractivity contribution in [3.63, 3.8) is 0 Å². The van der Waals surface area contributed by atoms with Gasteiger partial charge in [-0.1, -0.05) is 6.92 Å². The van der Waals surface area contributed by atoms with E-state index in [0.717, 1.165) is 55.6 Å². The summed E-state index contributed by atoms with van der Waals surface area (Å²) in [6, 6.07) is 0. The van der Waals surface area contributed by atoms with E-state index in [2.05, 4.69) is 39.8 Å². The smallest absolute Gasteiger partial charge is 0.109 e. The number of aromatic nitrogens is 2. The monoisotopic (exact) mass is 315 g/mol. The van der Waals surface area contributed by atoms with E-state index in [-0.39, 0.29) is 0 Å². The molecule has 1 atom stereocenters. The van der Waals surface area contributed by atoms with Crippen molar-refractivity contribution in [1.82, 2.24) is 14.7 Å². The van der Waals surface area contributed by atoms with Gasteiger partial charge in [0.1, 0.15) is 5.60 Å². The third kappa shape index (κ3) is 2.63. The first-order chi connectivity index (χ1) is 8.60. The van der Waals surface area contributed by atoms with Crippen LogP contribution in [-0.2, 0) is 12.1 Å². The number of rotatable bonds is 3. The molecule has 1 saturated heterocycles. The maximum Gasteiger partial charge on any atom is 0.109 e. The van der Waals surface area contributed by atoms with E-state index in [0.29, 0.717) is 0 Å². The highest BCUT2D eigenvalue weighted by Crippen LogP contribution is 2.36. The number of hydrogen-bond donors (Lipinski definition) is 1.